The Morgan fingerprint density at radius 2 is 2.11 bits per heavy atom. The maximum Gasteiger partial charge on any atom is 0.363 e. The highest BCUT2D eigenvalue weighted by atomic mass is 35.5. The van der Waals surface area contributed by atoms with Crippen LogP contribution in [0.25, 0.3) is 0 Å². The molecule has 98 valence electrons. The van der Waals surface area contributed by atoms with Gasteiger partial charge in [0.15, 0.2) is 5.17 Å². The fourth-order valence-electron chi connectivity index (χ4n) is 1.69. The van der Waals surface area contributed by atoms with E-state index in [-0.39, 0.29) is 17.6 Å². The number of aliphatic imine (C=N–C) groups is 1. The Morgan fingerprint density at radius 3 is 2.67 bits per heavy atom. The van der Waals surface area contributed by atoms with E-state index >= 15 is 0 Å². The molecule has 0 aromatic heterocycles. The maximum absolute atomic E-state index is 11.6. The lowest BCUT2D eigenvalue weighted by Gasteiger charge is -2.23. The molecule has 5 nitrogen and oxygen atoms in total. The molecule has 0 amide bonds. The van der Waals surface area contributed by atoms with Gasteiger partial charge < -0.3 is 15.6 Å². The summed E-state index contributed by atoms with van der Waals surface area (Å²) in [6.07, 6.45) is 0. The summed E-state index contributed by atoms with van der Waals surface area (Å²) < 4.78 is 4.57. The Kier molecular flexibility index (Phi) is 4.61. The van der Waals surface area contributed by atoms with Crippen molar-refractivity contribution in [1.29, 1.82) is 0 Å². The fourth-order valence-corrected chi connectivity index (χ4v) is 2.73. The number of nitrogens with zero attached hydrogens (tertiary/aromatic N) is 1. The highest BCUT2D eigenvalue weighted by Gasteiger charge is 2.51. The van der Waals surface area contributed by atoms with Crippen molar-refractivity contribution < 1.29 is 14.6 Å². The van der Waals surface area contributed by atoms with Crippen molar-refractivity contribution in [3.63, 3.8) is 0 Å². The van der Waals surface area contributed by atoms with Gasteiger partial charge in [0.05, 0.1) is 12.4 Å². The van der Waals surface area contributed by atoms with Crippen molar-refractivity contribution in [2.24, 2.45) is 10.7 Å². The van der Waals surface area contributed by atoms with E-state index in [4.69, 9.17) is 5.73 Å². The summed E-state index contributed by atoms with van der Waals surface area (Å²) in [4.78, 5) is 15.4. The van der Waals surface area contributed by atoms with E-state index in [0.29, 0.717) is 0 Å². The lowest BCUT2D eigenvalue weighted by Crippen LogP contribution is -2.40. The van der Waals surface area contributed by atoms with Gasteiger partial charge in [-0.25, -0.2) is 9.79 Å². The summed E-state index contributed by atoms with van der Waals surface area (Å²) in [6.45, 7) is 0. The second-order valence-electron chi connectivity index (χ2n) is 3.58. The molecule has 1 aliphatic heterocycles. The van der Waals surface area contributed by atoms with Crippen molar-refractivity contribution in [2.75, 3.05) is 7.11 Å². The van der Waals surface area contributed by atoms with Gasteiger partial charge in [-0.05, 0) is 5.56 Å². The molecule has 0 radical (unpaired) electrons. The fraction of sp³-hybridized carbons (Fsp3) is 0.273. The van der Waals surface area contributed by atoms with Crippen molar-refractivity contribution in [3.05, 3.63) is 35.9 Å². The third kappa shape index (κ3) is 2.45. The van der Waals surface area contributed by atoms with Crippen LogP contribution in [0, 0.1) is 0 Å². The van der Waals surface area contributed by atoms with Crippen LogP contribution in [-0.2, 0) is 9.53 Å². The van der Waals surface area contributed by atoms with Crippen molar-refractivity contribution in [3.8, 4) is 0 Å². The van der Waals surface area contributed by atoms with Crippen molar-refractivity contribution in [2.45, 2.75) is 11.0 Å². The van der Waals surface area contributed by atoms with E-state index < -0.39 is 16.9 Å². The van der Waals surface area contributed by atoms with Crippen LogP contribution in [0.3, 0.4) is 0 Å². The van der Waals surface area contributed by atoms with Gasteiger partial charge in [-0.3, -0.25) is 0 Å². The monoisotopic (exact) mass is 288 g/mol. The highest BCUT2D eigenvalue weighted by Crippen LogP contribution is 2.45. The number of esters is 1. The molecule has 0 saturated carbocycles. The van der Waals surface area contributed by atoms with Crippen LogP contribution >= 0.6 is 24.2 Å². The minimum Gasteiger partial charge on any atom is -0.465 e. The zero-order valence-corrected chi connectivity index (χ0v) is 11.2. The molecular formula is C11H13ClN2O3S. The number of amidine groups is 1. The Balaban J connectivity index is 0.00000162. The molecule has 3 N–H and O–H groups in total. The van der Waals surface area contributed by atoms with Crippen molar-refractivity contribution in [1.82, 2.24) is 0 Å². The molecule has 1 aliphatic rings. The molecule has 2 unspecified atom stereocenters. The van der Waals surface area contributed by atoms with E-state index in [0.717, 1.165) is 17.3 Å². The molecule has 2 atom stereocenters. The first kappa shape index (κ1) is 14.8. The Hall–Kier alpha value is -1.24. The van der Waals surface area contributed by atoms with E-state index in [1.807, 2.05) is 18.2 Å². The number of ether oxygens (including phenoxy) is 1. The lowest BCUT2D eigenvalue weighted by molar-refractivity contribution is -0.161. The summed E-state index contributed by atoms with van der Waals surface area (Å²) >= 11 is 1.15. The number of hydrogen-bond donors (Lipinski definition) is 2. The van der Waals surface area contributed by atoms with Gasteiger partial charge >= 0.3 is 5.97 Å². The van der Waals surface area contributed by atoms with Crippen LogP contribution in [0.1, 0.15) is 10.8 Å². The molecule has 1 aromatic rings. The van der Waals surface area contributed by atoms with E-state index in [1.54, 1.807) is 12.1 Å². The number of carbonyl (C=O) groups excluding carboxylic acids is 1. The first-order valence-corrected chi connectivity index (χ1v) is 5.83. The summed E-state index contributed by atoms with van der Waals surface area (Å²) in [5.41, 5.74) is 4.41. The molecule has 2 rings (SSSR count). The van der Waals surface area contributed by atoms with Crippen LogP contribution in [0.5, 0.6) is 0 Å². The first-order chi connectivity index (χ1) is 8.08. The van der Waals surface area contributed by atoms with Gasteiger partial charge in [0, 0.05) is 0 Å². The Morgan fingerprint density at radius 1 is 1.50 bits per heavy atom. The zero-order valence-electron chi connectivity index (χ0n) is 9.57. The summed E-state index contributed by atoms with van der Waals surface area (Å²) in [5.74, 6) is -0.806. The number of hydrogen-bond acceptors (Lipinski definition) is 6. The van der Waals surface area contributed by atoms with Gasteiger partial charge in [-0.1, -0.05) is 42.1 Å². The zero-order chi connectivity index (χ0) is 12.5. The lowest BCUT2D eigenvalue weighted by atomic mass is 10.0. The predicted molar refractivity (Wildman–Crippen MR) is 72.6 cm³/mol. The van der Waals surface area contributed by atoms with Crippen LogP contribution in [0.15, 0.2) is 35.3 Å². The van der Waals surface area contributed by atoms with Crippen molar-refractivity contribution >= 4 is 35.3 Å². The molecule has 0 saturated heterocycles. The molecule has 0 bridgehead atoms. The highest BCUT2D eigenvalue weighted by molar-refractivity contribution is 8.14. The van der Waals surface area contributed by atoms with Crippen LogP contribution in [0.4, 0.5) is 0 Å². The van der Waals surface area contributed by atoms with Gasteiger partial charge in [0.1, 0.15) is 0 Å². The molecule has 1 aromatic carbocycles. The quantitative estimate of drug-likeness (QED) is 0.795. The summed E-state index contributed by atoms with van der Waals surface area (Å²) in [6, 6.07) is 9.11. The summed E-state index contributed by atoms with van der Waals surface area (Å²) in [5, 5.41) is 9.88. The number of benzene rings is 1. The van der Waals surface area contributed by atoms with Crippen LogP contribution in [0.2, 0.25) is 0 Å². The number of rotatable bonds is 2. The molecule has 0 aliphatic carbocycles. The van der Waals surface area contributed by atoms with Gasteiger partial charge in [0.25, 0.3) is 5.72 Å². The predicted octanol–water partition coefficient (Wildman–Crippen LogP) is 1.07. The molecule has 0 fully saturated rings. The number of methoxy groups -OCH3 is 1. The standard InChI is InChI=1S/C11H12N2O3S.ClH/c1-16-9(14)11(15)8(17-10(12)13-11)7-5-3-2-4-6-7;/h2-6,8,15H,1H3,(H2,12,13);1H. The molecular weight excluding hydrogens is 276 g/mol. The Labute approximate surface area is 115 Å². The van der Waals surface area contributed by atoms with Gasteiger partial charge in [-0.15, -0.1) is 12.4 Å². The minimum atomic E-state index is -1.94. The second kappa shape index (κ2) is 5.60. The van der Waals surface area contributed by atoms with Crippen LogP contribution < -0.4 is 5.73 Å². The first-order valence-electron chi connectivity index (χ1n) is 4.95. The van der Waals surface area contributed by atoms with Crippen LogP contribution in [-0.4, -0.2) is 29.1 Å². The average Bonchev–Trinajstić information content (AvgIpc) is 2.66. The average molecular weight is 289 g/mol. The number of aliphatic hydroxyl groups is 1. The Bertz CT molecular complexity index is 469. The summed E-state index contributed by atoms with van der Waals surface area (Å²) in [7, 11) is 1.21. The number of halogens is 1. The largest absolute Gasteiger partial charge is 0.465 e. The van der Waals surface area contributed by atoms with E-state index in [9.17, 15) is 9.90 Å². The number of carbonyl (C=O) groups is 1. The topological polar surface area (TPSA) is 84.9 Å². The normalized spacial score (nSPS) is 26.1. The third-order valence-electron chi connectivity index (χ3n) is 2.47. The second-order valence-corrected chi connectivity index (χ2v) is 4.70. The van der Waals surface area contributed by atoms with E-state index in [2.05, 4.69) is 9.73 Å². The smallest absolute Gasteiger partial charge is 0.363 e. The third-order valence-corrected chi connectivity index (χ3v) is 3.64. The SMILES string of the molecule is COC(=O)C1(O)N=C(N)SC1c1ccccc1.Cl. The minimum absolute atomic E-state index is 0. The maximum atomic E-state index is 11.6. The van der Waals surface area contributed by atoms with Gasteiger partial charge in [0.2, 0.25) is 0 Å². The number of thioether (sulfide) groups is 1. The van der Waals surface area contributed by atoms with E-state index in [1.165, 1.54) is 7.11 Å². The van der Waals surface area contributed by atoms with Gasteiger partial charge in [-0.2, -0.15) is 0 Å². The molecule has 1 heterocycles. The number of nitrogens with two attached hydrogens (primary N) is 1. The molecule has 0 spiro atoms. The molecule has 7 heteroatoms. The molecule has 18 heavy (non-hydrogen) atoms.